The van der Waals surface area contributed by atoms with E-state index in [9.17, 15) is 9.90 Å². The topological polar surface area (TPSA) is 74.2 Å². The highest BCUT2D eigenvalue weighted by Gasteiger charge is 2.44. The van der Waals surface area contributed by atoms with Crippen LogP contribution in [-0.4, -0.2) is 66.5 Å². The number of allylic oxidation sites excluding steroid dienone is 4. The summed E-state index contributed by atoms with van der Waals surface area (Å²) in [6.07, 6.45) is 19.2. The monoisotopic (exact) mass is 875 g/mol. The third kappa shape index (κ3) is 17.7. The summed E-state index contributed by atoms with van der Waals surface area (Å²) < 4.78 is 28.0. The molecule has 0 saturated carbocycles. The van der Waals surface area contributed by atoms with Crippen LogP contribution in [0.25, 0.3) is 0 Å². The molecular formula is C50H94O6Si3. The SMILES string of the molecule is C=C/C=C\[C@H](C)[C@@H]1OC(=O)/C=C\C=C\[C@@H](C)C(O[Si](C)(C)C(C)(C)C)C[C@H](O)/C=C\[C@H](C)[C@H](O[Si](C)(C)C(C)(C)C)[C@@H](C)C[C@@H](C)CC[C@@H](O[Si](C)(C)C(C)(C)C)[C@@H]1C. The Morgan fingerprint density at radius 3 is 1.75 bits per heavy atom. The maximum atomic E-state index is 13.6. The van der Waals surface area contributed by atoms with Gasteiger partial charge in [0, 0.05) is 24.3 Å². The summed E-state index contributed by atoms with van der Waals surface area (Å²) in [5.41, 5.74) is 0. The van der Waals surface area contributed by atoms with Crippen LogP contribution in [0.1, 0.15) is 130 Å². The lowest BCUT2D eigenvalue weighted by molar-refractivity contribution is -0.150. The second kappa shape index (κ2) is 22.8. The Balaban J connectivity index is 3.93. The lowest BCUT2D eigenvalue weighted by Gasteiger charge is -2.43. The molecule has 1 heterocycles. The van der Waals surface area contributed by atoms with Gasteiger partial charge in [-0.15, -0.1) is 0 Å². The van der Waals surface area contributed by atoms with Crippen molar-refractivity contribution in [1.82, 2.24) is 0 Å². The van der Waals surface area contributed by atoms with Crippen LogP contribution in [0.5, 0.6) is 0 Å². The maximum absolute atomic E-state index is 13.6. The van der Waals surface area contributed by atoms with Crippen molar-refractivity contribution in [2.75, 3.05) is 0 Å². The molecule has 59 heavy (non-hydrogen) atoms. The molecule has 0 aromatic rings. The van der Waals surface area contributed by atoms with Gasteiger partial charge < -0.3 is 23.1 Å². The molecule has 0 aromatic heterocycles. The van der Waals surface area contributed by atoms with Crippen molar-refractivity contribution in [2.45, 2.75) is 214 Å². The number of rotatable bonds is 9. The quantitative estimate of drug-likeness (QED) is 0.108. The number of hydrogen-bond donors (Lipinski definition) is 1. The zero-order valence-electron chi connectivity index (χ0n) is 42.1. The highest BCUT2D eigenvalue weighted by atomic mass is 28.4. The largest absolute Gasteiger partial charge is 0.458 e. The average molecular weight is 876 g/mol. The van der Waals surface area contributed by atoms with Crippen LogP contribution in [0, 0.1) is 35.5 Å². The van der Waals surface area contributed by atoms with Crippen LogP contribution in [0.3, 0.4) is 0 Å². The van der Waals surface area contributed by atoms with Crippen LogP contribution >= 0.6 is 0 Å². The molecular weight excluding hydrogens is 781 g/mol. The molecule has 9 heteroatoms. The molecule has 0 bridgehead atoms. The number of aliphatic hydroxyl groups excluding tert-OH is 1. The van der Waals surface area contributed by atoms with E-state index in [-0.39, 0.29) is 69.0 Å². The van der Waals surface area contributed by atoms with E-state index in [1.54, 1.807) is 12.2 Å². The lowest BCUT2D eigenvalue weighted by atomic mass is 9.82. The predicted octanol–water partition coefficient (Wildman–Crippen LogP) is 14.2. The summed E-state index contributed by atoms with van der Waals surface area (Å²) >= 11 is 0. The summed E-state index contributed by atoms with van der Waals surface area (Å²) in [5, 5.41) is 11.7. The van der Waals surface area contributed by atoms with E-state index < -0.39 is 37.2 Å². The fourth-order valence-corrected chi connectivity index (χ4v) is 11.5. The minimum atomic E-state index is -2.19. The number of ether oxygens (including phenoxy) is 1. The van der Waals surface area contributed by atoms with E-state index in [0.29, 0.717) is 12.3 Å². The van der Waals surface area contributed by atoms with Gasteiger partial charge >= 0.3 is 5.97 Å². The van der Waals surface area contributed by atoms with Crippen molar-refractivity contribution in [1.29, 1.82) is 0 Å². The molecule has 1 N–H and O–H groups in total. The van der Waals surface area contributed by atoms with Gasteiger partial charge in [-0.2, -0.15) is 0 Å². The standard InChI is InChI=1S/C50H94O6Si3/c1-23-24-27-38(4)47-41(7)43(54-57(17,18)48(8,9)10)33-30-36(2)34-40(6)46(56-59(21,22)50(14,15)16)39(5)31-32-42(51)35-44(55-58(19,20)49(11,12)13)37(3)28-25-26-29-45(52)53-47/h23-29,31-32,36-44,46-47,51H,1,30,33-35H2,2-22H3/b27-24-,28-25+,29-26-,32-31-/t36-,37+,38-,39-,40-,41-,42+,43+,44?,46-,47-/m0/s1. The van der Waals surface area contributed by atoms with E-state index in [2.05, 4.69) is 168 Å². The molecule has 0 aliphatic carbocycles. The fraction of sp³-hybridized carbons (Fsp3) is 0.780. The van der Waals surface area contributed by atoms with Crippen LogP contribution in [0.2, 0.25) is 54.4 Å². The smallest absolute Gasteiger partial charge is 0.331 e. The van der Waals surface area contributed by atoms with Crippen molar-refractivity contribution < 1.29 is 27.9 Å². The highest BCUT2D eigenvalue weighted by molar-refractivity contribution is 6.75. The van der Waals surface area contributed by atoms with Crippen LogP contribution in [0.4, 0.5) is 0 Å². The van der Waals surface area contributed by atoms with Gasteiger partial charge in [-0.05, 0) is 97.3 Å². The summed E-state index contributed by atoms with van der Waals surface area (Å²) in [6, 6.07) is 0. The van der Waals surface area contributed by atoms with Crippen LogP contribution in [0.15, 0.2) is 61.3 Å². The third-order valence-corrected chi connectivity index (χ3v) is 27.9. The number of carbonyl (C=O) groups excluding carboxylic acids is 1. The lowest BCUT2D eigenvalue weighted by Crippen LogP contribution is -2.48. The Kier molecular flexibility index (Phi) is 21.6. The molecule has 11 atom stereocenters. The molecule has 1 aliphatic rings. The first-order chi connectivity index (χ1) is 26.7. The molecule has 6 nitrogen and oxygen atoms in total. The second-order valence-corrected chi connectivity index (χ2v) is 37.2. The molecule has 0 saturated heterocycles. The summed E-state index contributed by atoms with van der Waals surface area (Å²) in [6.45, 7) is 51.7. The van der Waals surface area contributed by atoms with Crippen molar-refractivity contribution in [3.8, 4) is 0 Å². The van der Waals surface area contributed by atoms with Gasteiger partial charge in [-0.25, -0.2) is 4.79 Å². The minimum absolute atomic E-state index is 0.00654. The van der Waals surface area contributed by atoms with Crippen LogP contribution in [-0.2, 0) is 22.8 Å². The molecule has 0 amide bonds. The fourth-order valence-electron chi connectivity index (χ4n) is 7.17. The summed E-state index contributed by atoms with van der Waals surface area (Å²) in [5.74, 6) is 0.327. The van der Waals surface area contributed by atoms with Crippen molar-refractivity contribution in [2.24, 2.45) is 35.5 Å². The number of hydrogen-bond acceptors (Lipinski definition) is 6. The first kappa shape index (κ1) is 55.7. The zero-order valence-corrected chi connectivity index (χ0v) is 45.1. The minimum Gasteiger partial charge on any atom is -0.458 e. The van der Waals surface area contributed by atoms with Crippen molar-refractivity contribution in [3.05, 3.63) is 61.3 Å². The van der Waals surface area contributed by atoms with Crippen molar-refractivity contribution >= 4 is 30.9 Å². The molecule has 0 fully saturated rings. The number of cyclic esters (lactones) is 1. The first-order valence-corrected chi connectivity index (χ1v) is 31.6. The zero-order chi connectivity index (χ0) is 45.9. The van der Waals surface area contributed by atoms with Gasteiger partial charge in [0.15, 0.2) is 25.0 Å². The molecule has 0 radical (unpaired) electrons. The van der Waals surface area contributed by atoms with Crippen molar-refractivity contribution in [3.63, 3.8) is 0 Å². The third-order valence-electron chi connectivity index (χ3n) is 14.4. The van der Waals surface area contributed by atoms with Gasteiger partial charge in [0.25, 0.3) is 0 Å². The number of esters is 1. The highest BCUT2D eigenvalue weighted by Crippen LogP contribution is 2.43. The van der Waals surface area contributed by atoms with Crippen LogP contribution < -0.4 is 0 Å². The number of carbonyl (C=O) groups is 1. The summed E-state index contributed by atoms with van der Waals surface area (Å²) in [7, 11) is -6.49. The Morgan fingerprint density at radius 2 is 1.24 bits per heavy atom. The Bertz CT molecular complexity index is 1410. The van der Waals surface area contributed by atoms with Gasteiger partial charge in [-0.3, -0.25) is 0 Å². The van der Waals surface area contributed by atoms with Gasteiger partial charge in [0.2, 0.25) is 0 Å². The van der Waals surface area contributed by atoms with E-state index >= 15 is 0 Å². The van der Waals surface area contributed by atoms with E-state index in [4.69, 9.17) is 18.0 Å². The normalized spacial score (nSPS) is 32.3. The predicted molar refractivity (Wildman–Crippen MR) is 262 cm³/mol. The Morgan fingerprint density at radius 1 is 0.729 bits per heavy atom. The summed E-state index contributed by atoms with van der Waals surface area (Å²) in [4.78, 5) is 13.6. The average Bonchev–Trinajstić information content (AvgIpc) is 3.08. The Hall–Kier alpha value is -1.34. The molecule has 1 rings (SSSR count). The number of aliphatic hydroxyl groups is 1. The molecule has 0 spiro atoms. The molecule has 342 valence electrons. The Labute approximate surface area is 368 Å². The second-order valence-electron chi connectivity index (χ2n) is 23.0. The van der Waals surface area contributed by atoms with Gasteiger partial charge in [0.05, 0.1) is 24.4 Å². The maximum Gasteiger partial charge on any atom is 0.331 e. The van der Waals surface area contributed by atoms with E-state index in [1.165, 1.54) is 6.08 Å². The molecule has 0 aromatic carbocycles. The van der Waals surface area contributed by atoms with Gasteiger partial charge in [0.1, 0.15) is 6.10 Å². The van der Waals surface area contributed by atoms with E-state index in [0.717, 1.165) is 19.3 Å². The first-order valence-electron chi connectivity index (χ1n) is 22.9. The van der Waals surface area contributed by atoms with E-state index in [1.807, 2.05) is 18.2 Å². The molecule has 1 aliphatic heterocycles. The molecule has 1 unspecified atom stereocenters. The van der Waals surface area contributed by atoms with Gasteiger partial charge in [-0.1, -0.05) is 159 Å².